The SMILES string of the molecule is Cc1cc(C)nc(N[C@H](c2ccccc2F)c2c(NC(=O)c3ccco3)sc(C)c2C)n1. The van der Waals surface area contributed by atoms with Crippen LogP contribution < -0.4 is 10.6 Å². The van der Waals surface area contributed by atoms with Gasteiger partial charge in [-0.25, -0.2) is 14.4 Å². The average Bonchev–Trinajstić information content (AvgIpc) is 3.36. The van der Waals surface area contributed by atoms with Gasteiger partial charge in [-0.15, -0.1) is 11.3 Å². The number of anilines is 2. The van der Waals surface area contributed by atoms with Gasteiger partial charge in [0.2, 0.25) is 5.95 Å². The second-order valence-corrected chi connectivity index (χ2v) is 8.76. The van der Waals surface area contributed by atoms with E-state index in [-0.39, 0.29) is 17.5 Å². The smallest absolute Gasteiger partial charge is 0.291 e. The van der Waals surface area contributed by atoms with Crippen molar-refractivity contribution >= 4 is 28.2 Å². The number of carbonyl (C=O) groups is 1. The number of thiophene rings is 1. The van der Waals surface area contributed by atoms with Crippen LogP contribution in [0.25, 0.3) is 0 Å². The minimum absolute atomic E-state index is 0.202. The van der Waals surface area contributed by atoms with Gasteiger partial charge in [0, 0.05) is 27.4 Å². The van der Waals surface area contributed by atoms with Gasteiger partial charge in [-0.2, -0.15) is 0 Å². The van der Waals surface area contributed by atoms with Crippen LogP contribution in [0.3, 0.4) is 0 Å². The first-order valence-corrected chi connectivity index (χ1v) is 10.9. The lowest BCUT2D eigenvalue weighted by Crippen LogP contribution is -2.19. The molecule has 0 fully saturated rings. The van der Waals surface area contributed by atoms with Crippen LogP contribution in [-0.4, -0.2) is 15.9 Å². The zero-order valence-corrected chi connectivity index (χ0v) is 19.0. The van der Waals surface area contributed by atoms with Crippen molar-refractivity contribution < 1.29 is 13.6 Å². The van der Waals surface area contributed by atoms with Crippen LogP contribution >= 0.6 is 11.3 Å². The summed E-state index contributed by atoms with van der Waals surface area (Å²) in [4.78, 5) is 22.7. The Labute approximate surface area is 189 Å². The Kier molecular flexibility index (Phi) is 6.05. The van der Waals surface area contributed by atoms with E-state index in [9.17, 15) is 9.18 Å². The van der Waals surface area contributed by atoms with Crippen molar-refractivity contribution in [1.82, 2.24) is 9.97 Å². The molecule has 164 valence electrons. The number of furan rings is 1. The Morgan fingerprint density at radius 3 is 2.44 bits per heavy atom. The molecule has 0 aliphatic carbocycles. The van der Waals surface area contributed by atoms with E-state index in [1.807, 2.05) is 33.8 Å². The number of hydrogen-bond donors (Lipinski definition) is 2. The van der Waals surface area contributed by atoms with Gasteiger partial charge in [-0.05, 0) is 57.5 Å². The summed E-state index contributed by atoms with van der Waals surface area (Å²) in [6.07, 6.45) is 1.45. The van der Waals surface area contributed by atoms with E-state index >= 15 is 0 Å². The first kappa shape index (κ1) is 21.7. The Morgan fingerprint density at radius 2 is 1.78 bits per heavy atom. The first-order chi connectivity index (χ1) is 15.3. The predicted octanol–water partition coefficient (Wildman–Crippen LogP) is 5.96. The molecule has 6 nitrogen and oxygen atoms in total. The van der Waals surface area contributed by atoms with E-state index in [0.29, 0.717) is 16.5 Å². The summed E-state index contributed by atoms with van der Waals surface area (Å²) in [7, 11) is 0. The normalized spacial score (nSPS) is 11.9. The lowest BCUT2D eigenvalue weighted by Gasteiger charge is -2.22. The maximum Gasteiger partial charge on any atom is 0.291 e. The van der Waals surface area contributed by atoms with Crippen molar-refractivity contribution in [3.8, 4) is 0 Å². The van der Waals surface area contributed by atoms with Crippen molar-refractivity contribution in [1.29, 1.82) is 0 Å². The summed E-state index contributed by atoms with van der Waals surface area (Å²) in [6, 6.07) is 11.1. The topological polar surface area (TPSA) is 80.0 Å². The molecular formula is C24H23FN4O2S. The Bertz CT molecular complexity index is 1250. The molecule has 0 aliphatic rings. The van der Waals surface area contributed by atoms with Gasteiger partial charge in [-0.3, -0.25) is 4.79 Å². The highest BCUT2D eigenvalue weighted by Gasteiger charge is 2.27. The predicted molar refractivity (Wildman–Crippen MR) is 124 cm³/mol. The summed E-state index contributed by atoms with van der Waals surface area (Å²) in [6.45, 7) is 7.69. The minimum atomic E-state index is -0.616. The van der Waals surface area contributed by atoms with Gasteiger partial charge in [-0.1, -0.05) is 18.2 Å². The molecule has 1 aromatic carbocycles. The number of amides is 1. The van der Waals surface area contributed by atoms with E-state index in [1.165, 1.54) is 23.7 Å². The average molecular weight is 451 g/mol. The van der Waals surface area contributed by atoms with Gasteiger partial charge in [0.25, 0.3) is 5.91 Å². The molecule has 32 heavy (non-hydrogen) atoms. The second-order valence-electron chi connectivity index (χ2n) is 7.53. The van der Waals surface area contributed by atoms with Crippen LogP contribution in [-0.2, 0) is 0 Å². The van der Waals surface area contributed by atoms with Gasteiger partial charge in [0.05, 0.1) is 12.3 Å². The zero-order chi connectivity index (χ0) is 22.8. The monoisotopic (exact) mass is 450 g/mol. The summed E-state index contributed by atoms with van der Waals surface area (Å²) in [5.41, 5.74) is 3.76. The molecule has 1 amide bonds. The molecule has 1 atom stereocenters. The lowest BCUT2D eigenvalue weighted by molar-refractivity contribution is 0.0997. The van der Waals surface area contributed by atoms with Crippen LogP contribution in [0.4, 0.5) is 15.3 Å². The number of benzene rings is 1. The van der Waals surface area contributed by atoms with Crippen molar-refractivity contribution in [2.75, 3.05) is 10.6 Å². The van der Waals surface area contributed by atoms with E-state index in [0.717, 1.165) is 27.4 Å². The third kappa shape index (κ3) is 4.40. The number of aryl methyl sites for hydroxylation is 3. The van der Waals surface area contributed by atoms with Crippen LogP contribution in [0.15, 0.2) is 53.1 Å². The van der Waals surface area contributed by atoms with E-state index in [1.54, 1.807) is 30.3 Å². The quantitative estimate of drug-likeness (QED) is 0.379. The zero-order valence-electron chi connectivity index (χ0n) is 18.2. The van der Waals surface area contributed by atoms with Crippen molar-refractivity contribution in [3.63, 3.8) is 0 Å². The Hall–Kier alpha value is -3.52. The molecule has 0 radical (unpaired) electrons. The van der Waals surface area contributed by atoms with E-state index in [2.05, 4.69) is 20.6 Å². The summed E-state index contributed by atoms with van der Waals surface area (Å²) in [5, 5.41) is 6.86. The fourth-order valence-corrected chi connectivity index (χ4v) is 4.69. The summed E-state index contributed by atoms with van der Waals surface area (Å²) < 4.78 is 20.2. The van der Waals surface area contributed by atoms with Crippen molar-refractivity contribution in [2.24, 2.45) is 0 Å². The number of halogens is 1. The molecule has 0 spiro atoms. The summed E-state index contributed by atoms with van der Waals surface area (Å²) in [5.74, 6) is -0.136. The molecule has 4 rings (SSSR count). The highest BCUT2D eigenvalue weighted by Crippen LogP contribution is 2.41. The second kappa shape index (κ2) is 8.92. The largest absolute Gasteiger partial charge is 0.459 e. The van der Waals surface area contributed by atoms with Gasteiger partial charge >= 0.3 is 0 Å². The number of carbonyl (C=O) groups excluding carboxylic acids is 1. The van der Waals surface area contributed by atoms with Crippen LogP contribution in [0.5, 0.6) is 0 Å². The molecule has 3 heterocycles. The maximum absolute atomic E-state index is 15.0. The van der Waals surface area contributed by atoms with Crippen molar-refractivity contribution in [3.05, 3.63) is 93.3 Å². The number of nitrogens with zero attached hydrogens (tertiary/aromatic N) is 2. The molecule has 3 aromatic heterocycles. The fourth-order valence-electron chi connectivity index (χ4n) is 3.59. The van der Waals surface area contributed by atoms with Crippen LogP contribution in [0.2, 0.25) is 0 Å². The lowest BCUT2D eigenvalue weighted by atomic mass is 9.96. The first-order valence-electron chi connectivity index (χ1n) is 10.1. The molecule has 8 heteroatoms. The molecule has 0 saturated heterocycles. The molecule has 0 aliphatic heterocycles. The third-order valence-electron chi connectivity index (χ3n) is 5.16. The maximum atomic E-state index is 15.0. The minimum Gasteiger partial charge on any atom is -0.459 e. The number of aromatic nitrogens is 2. The molecule has 0 unspecified atom stereocenters. The number of rotatable bonds is 6. The third-order valence-corrected chi connectivity index (χ3v) is 6.30. The van der Waals surface area contributed by atoms with Gasteiger partial charge in [0.15, 0.2) is 5.76 Å². The van der Waals surface area contributed by atoms with Gasteiger partial charge < -0.3 is 15.1 Å². The van der Waals surface area contributed by atoms with Crippen LogP contribution in [0.1, 0.15) is 49.6 Å². The highest BCUT2D eigenvalue weighted by molar-refractivity contribution is 7.16. The Balaban J connectivity index is 1.82. The molecule has 0 saturated carbocycles. The van der Waals surface area contributed by atoms with E-state index in [4.69, 9.17) is 4.42 Å². The number of hydrogen-bond acceptors (Lipinski definition) is 6. The molecule has 4 aromatic rings. The highest BCUT2D eigenvalue weighted by atomic mass is 32.1. The molecular weight excluding hydrogens is 427 g/mol. The number of nitrogens with one attached hydrogen (secondary N) is 2. The van der Waals surface area contributed by atoms with Crippen LogP contribution in [0, 0.1) is 33.5 Å². The van der Waals surface area contributed by atoms with E-state index < -0.39 is 6.04 Å². The standard InChI is InChI=1S/C24H23FN4O2S/c1-13-12-14(2)27-24(26-13)28-21(17-8-5-6-9-18(17)25)20-15(3)16(4)32-23(20)29-22(30)19-10-7-11-31-19/h5-12,21H,1-4H3,(H,29,30)(H,26,27,28)/t21-/m1/s1. The summed E-state index contributed by atoms with van der Waals surface area (Å²) >= 11 is 1.44. The van der Waals surface area contributed by atoms with Gasteiger partial charge in [0.1, 0.15) is 10.8 Å². The molecule has 0 bridgehead atoms. The Morgan fingerprint density at radius 1 is 1.06 bits per heavy atom. The molecule has 2 N–H and O–H groups in total. The fraction of sp³-hybridized carbons (Fsp3) is 0.208. The van der Waals surface area contributed by atoms with Crippen molar-refractivity contribution in [2.45, 2.75) is 33.7 Å².